The van der Waals surface area contributed by atoms with E-state index in [1.54, 1.807) is 24.0 Å². The molecule has 0 N–H and O–H groups in total. The first-order chi connectivity index (χ1) is 48.8. The van der Waals surface area contributed by atoms with E-state index < -0.39 is 46.4 Å². The Morgan fingerprint density at radius 2 is 1.25 bits per heavy atom. The lowest BCUT2D eigenvalue weighted by molar-refractivity contribution is -0.150. The Hall–Kier alpha value is -8.02. The Morgan fingerprint density at radius 3 is 1.92 bits per heavy atom. The van der Waals surface area contributed by atoms with Gasteiger partial charge in [0.05, 0.1) is 30.2 Å². The van der Waals surface area contributed by atoms with Gasteiger partial charge in [0.1, 0.15) is 24.3 Å². The minimum atomic E-state index is -5.09. The van der Waals surface area contributed by atoms with Crippen LogP contribution in [0.3, 0.4) is 0 Å². The van der Waals surface area contributed by atoms with Crippen LogP contribution in [0.1, 0.15) is 137 Å². The third-order valence-corrected chi connectivity index (χ3v) is 20.8. The van der Waals surface area contributed by atoms with Crippen LogP contribution < -0.4 is 0 Å². The Morgan fingerprint density at radius 1 is 0.627 bits per heavy atom. The highest BCUT2D eigenvalue weighted by atomic mass is 19.4. The summed E-state index contributed by atoms with van der Waals surface area (Å²) in [5, 5.41) is 0. The van der Waals surface area contributed by atoms with Crippen molar-refractivity contribution in [1.29, 1.82) is 0 Å². The third kappa shape index (κ3) is 20.9. The summed E-state index contributed by atoms with van der Waals surface area (Å²) in [6.07, 6.45) is 0.353. The van der Waals surface area contributed by atoms with Gasteiger partial charge in [-0.2, -0.15) is 26.3 Å². The largest absolute Gasteiger partial charge is 0.462 e. The number of benzene rings is 6. The summed E-state index contributed by atoms with van der Waals surface area (Å²) in [4.78, 5) is 77.1. The molecule has 6 aromatic rings. The number of unbranched alkanes of at least 4 members (excludes halogenated alkanes) is 2. The number of methoxy groups -OCH3 is 1. The van der Waals surface area contributed by atoms with Gasteiger partial charge < -0.3 is 48.5 Å². The molecular formula is C80H98F7N7O8. The molecule has 0 unspecified atom stereocenters. The Labute approximate surface area is 595 Å². The molecule has 1 spiro atoms. The van der Waals surface area contributed by atoms with E-state index in [1.165, 1.54) is 41.0 Å². The molecule has 10 rings (SSSR count). The van der Waals surface area contributed by atoms with Crippen molar-refractivity contribution >= 4 is 29.6 Å². The highest BCUT2D eigenvalue weighted by molar-refractivity contribution is 5.95. The number of nitrogens with zero attached hydrogens (tertiary/aromatic N) is 7. The number of fused-ring (bicyclic) bond motifs is 2. The van der Waals surface area contributed by atoms with Crippen LogP contribution in [0.15, 0.2) is 146 Å². The number of piperidine rings is 2. The summed E-state index contributed by atoms with van der Waals surface area (Å²) in [5.74, 6) is -1.37. The smallest absolute Gasteiger partial charge is 0.416 e. The fourth-order valence-electron chi connectivity index (χ4n) is 14.5. The maximum Gasteiger partial charge on any atom is 0.416 e. The SMILES string of the molecule is CCC(=O)N(C)CCCN(C)C(=O)c1ccc(CCN(C)CCCCCC(=O)N(C)CCN2CCC(OC(=O)Cc3ccccc3-c3ccccc3)CC2)cc1.CO[C@H]1Cc2ccccc2C12CCN(CC[C@@]1(c3ccc(F)cc3)CN(C(=O)c3cc(C(F)(F)F)cc(C(F)(F)F)c3)CO1)CC2. The quantitative estimate of drug-likeness (QED) is 0.0264. The Kier molecular flexibility index (Phi) is 27.5. The van der Waals surface area contributed by atoms with Gasteiger partial charge in [-0.3, -0.25) is 24.0 Å². The normalized spacial score (nSPS) is 17.8. The monoisotopic (exact) mass is 1420 g/mol. The van der Waals surface area contributed by atoms with Crippen molar-refractivity contribution in [2.24, 2.45) is 0 Å². The number of rotatable bonds is 28. The summed E-state index contributed by atoms with van der Waals surface area (Å²) in [6, 6.07) is 40.8. The van der Waals surface area contributed by atoms with Gasteiger partial charge in [-0.1, -0.05) is 116 Å². The van der Waals surface area contributed by atoms with E-state index in [1.807, 2.05) is 98.7 Å². The number of amides is 4. The second kappa shape index (κ2) is 35.9. The zero-order valence-corrected chi connectivity index (χ0v) is 59.6. The summed E-state index contributed by atoms with van der Waals surface area (Å²) >= 11 is 0. The maximum absolute atomic E-state index is 13.9. The van der Waals surface area contributed by atoms with Crippen LogP contribution in [0.4, 0.5) is 30.7 Å². The van der Waals surface area contributed by atoms with Crippen LogP contribution in [-0.2, 0) is 71.2 Å². The van der Waals surface area contributed by atoms with E-state index >= 15 is 0 Å². The topological polar surface area (TPSA) is 136 Å². The number of halogens is 7. The van der Waals surface area contributed by atoms with Crippen LogP contribution in [0, 0.1) is 5.82 Å². The number of likely N-dealkylation sites (tertiary alicyclic amines) is 2. The second-order valence-corrected chi connectivity index (χ2v) is 27.8. The second-order valence-electron chi connectivity index (χ2n) is 27.8. The van der Waals surface area contributed by atoms with E-state index in [-0.39, 0.29) is 67.1 Å². The highest BCUT2D eigenvalue weighted by Gasteiger charge is 2.50. The maximum atomic E-state index is 13.9. The number of likely N-dealkylation sites (N-methyl/N-ethyl adjacent to an activating group) is 2. The minimum absolute atomic E-state index is 0.00251. The van der Waals surface area contributed by atoms with Crippen LogP contribution >= 0.6 is 0 Å². The molecular weight excluding hydrogens is 1320 g/mol. The van der Waals surface area contributed by atoms with Gasteiger partial charge in [-0.15, -0.1) is 0 Å². The molecule has 2 atom stereocenters. The van der Waals surface area contributed by atoms with Gasteiger partial charge in [0.2, 0.25) is 11.8 Å². The van der Waals surface area contributed by atoms with E-state index in [2.05, 4.69) is 52.1 Å². The fourth-order valence-corrected chi connectivity index (χ4v) is 14.5. The van der Waals surface area contributed by atoms with E-state index in [9.17, 15) is 54.7 Å². The van der Waals surface area contributed by atoms with Crippen molar-refractivity contribution in [3.63, 3.8) is 0 Å². The minimum Gasteiger partial charge on any atom is -0.462 e. The molecule has 15 nitrogen and oxygen atoms in total. The fraction of sp³-hybridized carbons (Fsp3) is 0.487. The van der Waals surface area contributed by atoms with Gasteiger partial charge in [0.15, 0.2) is 0 Å². The van der Waals surface area contributed by atoms with Crippen molar-refractivity contribution in [1.82, 2.24) is 34.3 Å². The summed E-state index contributed by atoms with van der Waals surface area (Å²) in [5.41, 5.74) is 3.08. The van der Waals surface area contributed by atoms with Crippen molar-refractivity contribution in [2.45, 2.75) is 132 Å². The molecule has 1 aliphatic carbocycles. The average molecular weight is 1420 g/mol. The van der Waals surface area contributed by atoms with Crippen LogP contribution in [-0.4, -0.2) is 197 Å². The number of hydrogen-bond acceptors (Lipinski definition) is 11. The lowest BCUT2D eigenvalue weighted by Gasteiger charge is -2.44. The standard InChI is InChI=1S/C46H65N5O5.C34H33F7N2O3/c1-6-43(52)48(3)29-15-30-50(5)46(55)39-23-21-37(22-24-39)25-31-47(2)28-14-8-11-20-44(53)49(4)34-35-51-32-26-41(27-33-51)56-45(54)36-40-18-12-13-19-42(40)38-16-9-7-10-17-38;1-45-29-18-22-4-2-3-5-28(22)31(29)10-13-42(14-11-31)15-12-32(24-6-8-27(35)9-7-24)20-43(21-46-32)30(44)23-16-25(33(36,37)38)19-26(17-23)34(39,40)41/h7,9-10,12-13,16-19,21-24,41H,6,8,11,14-15,20,25-36H2,1-5H3;2-9,16-17,19,29H,10-15,18,20-21H2,1H3/t;29-,32-/m.0/s1. The molecule has 4 amide bonds. The molecule has 102 heavy (non-hydrogen) atoms. The lowest BCUT2D eigenvalue weighted by atomic mass is 9.72. The highest BCUT2D eigenvalue weighted by Crippen LogP contribution is 2.48. The van der Waals surface area contributed by atoms with Crippen LogP contribution in [0.25, 0.3) is 11.1 Å². The van der Waals surface area contributed by atoms with Gasteiger partial charge in [0, 0.05) is 110 Å². The average Bonchev–Trinajstić information content (AvgIpc) is 1.59. The van der Waals surface area contributed by atoms with Crippen molar-refractivity contribution in [3.05, 3.63) is 201 Å². The zero-order chi connectivity index (χ0) is 73.2. The molecule has 0 saturated carbocycles. The molecule has 0 aromatic heterocycles. The van der Waals surface area contributed by atoms with E-state index in [0.29, 0.717) is 68.7 Å². The molecule has 22 heteroatoms. The molecule has 6 aromatic carbocycles. The first-order valence-electron chi connectivity index (χ1n) is 35.7. The third-order valence-electron chi connectivity index (χ3n) is 20.8. The summed E-state index contributed by atoms with van der Waals surface area (Å²) in [7, 11) is 9.39. The van der Waals surface area contributed by atoms with Crippen LogP contribution in [0.2, 0.25) is 0 Å². The predicted molar refractivity (Wildman–Crippen MR) is 379 cm³/mol. The predicted octanol–water partition coefficient (Wildman–Crippen LogP) is 13.6. The molecule has 0 bridgehead atoms. The van der Waals surface area contributed by atoms with Crippen LogP contribution in [0.5, 0.6) is 0 Å². The van der Waals surface area contributed by atoms with E-state index in [0.717, 1.165) is 132 Å². The van der Waals surface area contributed by atoms with E-state index in [4.69, 9.17) is 14.2 Å². The van der Waals surface area contributed by atoms with Crippen molar-refractivity contribution in [3.8, 4) is 11.1 Å². The number of esters is 1. The van der Waals surface area contributed by atoms with Gasteiger partial charge in [-0.25, -0.2) is 4.39 Å². The van der Waals surface area contributed by atoms with Gasteiger partial charge in [0.25, 0.3) is 11.8 Å². The number of ether oxygens (including phenoxy) is 3. The van der Waals surface area contributed by atoms with Gasteiger partial charge >= 0.3 is 18.3 Å². The van der Waals surface area contributed by atoms with Crippen molar-refractivity contribution < 1.29 is 68.9 Å². The molecule has 550 valence electrons. The molecule has 3 fully saturated rings. The Balaban J connectivity index is 0.000000241. The number of hydrogen-bond donors (Lipinski definition) is 0. The summed E-state index contributed by atoms with van der Waals surface area (Å²) < 4.78 is 113. The first kappa shape index (κ1) is 78.1. The summed E-state index contributed by atoms with van der Waals surface area (Å²) in [6.45, 7) is 9.85. The Bertz CT molecular complexity index is 3700. The molecule has 3 saturated heterocycles. The molecule has 0 radical (unpaired) electrons. The number of alkyl halides is 6. The molecule has 3 heterocycles. The van der Waals surface area contributed by atoms with Crippen molar-refractivity contribution in [2.75, 3.05) is 121 Å². The lowest BCUT2D eigenvalue weighted by Crippen LogP contribution is -2.49. The number of carbonyl (C=O) groups is 5. The molecule has 4 aliphatic rings. The molecule has 3 aliphatic heterocycles. The van der Waals surface area contributed by atoms with Gasteiger partial charge in [-0.05, 0) is 172 Å². The zero-order valence-electron chi connectivity index (χ0n) is 59.6. The first-order valence-corrected chi connectivity index (χ1v) is 35.7. The number of carbonyl (C=O) groups excluding carboxylic acids is 5.